The van der Waals surface area contributed by atoms with Gasteiger partial charge in [0.15, 0.2) is 6.61 Å². The Bertz CT molecular complexity index is 465. The average Bonchev–Trinajstić information content (AvgIpc) is 2.46. The van der Waals surface area contributed by atoms with E-state index in [0.29, 0.717) is 25.4 Å². The molecule has 0 atom stereocenters. The van der Waals surface area contributed by atoms with E-state index in [-0.39, 0.29) is 6.61 Å². The lowest BCUT2D eigenvalue weighted by atomic mass is 10.2. The zero-order chi connectivity index (χ0) is 15.5. The van der Waals surface area contributed by atoms with E-state index < -0.39 is 11.9 Å². The SMILES string of the molecule is CNCc1cccc(OCC(=O)NC(=O)NCCOC)c1. The van der Waals surface area contributed by atoms with Crippen molar-refractivity contribution < 1.29 is 19.1 Å². The van der Waals surface area contributed by atoms with Crippen LogP contribution in [0.1, 0.15) is 5.56 Å². The molecule has 7 nitrogen and oxygen atoms in total. The summed E-state index contributed by atoms with van der Waals surface area (Å²) in [5.74, 6) is 0.0710. The summed E-state index contributed by atoms with van der Waals surface area (Å²) < 4.78 is 10.1. The Hall–Kier alpha value is -2.12. The number of amides is 3. The zero-order valence-corrected chi connectivity index (χ0v) is 12.3. The topological polar surface area (TPSA) is 88.7 Å². The summed E-state index contributed by atoms with van der Waals surface area (Å²) in [6, 6.07) is 6.82. The molecule has 116 valence electrons. The molecule has 0 saturated carbocycles. The van der Waals surface area contributed by atoms with Gasteiger partial charge in [0.1, 0.15) is 5.75 Å². The van der Waals surface area contributed by atoms with Crippen molar-refractivity contribution in [3.05, 3.63) is 29.8 Å². The lowest BCUT2D eigenvalue weighted by molar-refractivity contribution is -0.122. The van der Waals surface area contributed by atoms with Gasteiger partial charge < -0.3 is 20.1 Å². The van der Waals surface area contributed by atoms with Gasteiger partial charge >= 0.3 is 6.03 Å². The molecule has 0 aliphatic carbocycles. The van der Waals surface area contributed by atoms with Crippen molar-refractivity contribution in [1.29, 1.82) is 0 Å². The second kappa shape index (κ2) is 9.73. The summed E-state index contributed by atoms with van der Waals surface area (Å²) in [4.78, 5) is 22.8. The number of benzene rings is 1. The van der Waals surface area contributed by atoms with Gasteiger partial charge in [-0.1, -0.05) is 12.1 Å². The molecule has 1 rings (SSSR count). The van der Waals surface area contributed by atoms with Crippen LogP contribution < -0.4 is 20.7 Å². The Labute approximate surface area is 124 Å². The first-order valence-corrected chi connectivity index (χ1v) is 6.58. The van der Waals surface area contributed by atoms with Crippen molar-refractivity contribution in [2.45, 2.75) is 6.54 Å². The zero-order valence-electron chi connectivity index (χ0n) is 12.3. The molecule has 0 bridgehead atoms. The predicted octanol–water partition coefficient (Wildman–Crippen LogP) is 0.257. The lowest BCUT2D eigenvalue weighted by Gasteiger charge is -2.09. The quantitative estimate of drug-likeness (QED) is 0.599. The van der Waals surface area contributed by atoms with Crippen LogP contribution in [0.25, 0.3) is 0 Å². The van der Waals surface area contributed by atoms with Crippen LogP contribution >= 0.6 is 0 Å². The maximum Gasteiger partial charge on any atom is 0.321 e. The molecular formula is C14H21N3O4. The van der Waals surface area contributed by atoms with E-state index in [1.54, 1.807) is 6.07 Å². The molecule has 3 N–H and O–H groups in total. The molecule has 0 aliphatic heterocycles. The number of nitrogens with one attached hydrogen (secondary N) is 3. The monoisotopic (exact) mass is 295 g/mol. The van der Waals surface area contributed by atoms with Crippen molar-refractivity contribution in [3.8, 4) is 5.75 Å². The highest BCUT2D eigenvalue weighted by Crippen LogP contribution is 2.12. The number of hydrogen-bond donors (Lipinski definition) is 3. The van der Waals surface area contributed by atoms with E-state index in [1.807, 2.05) is 25.2 Å². The molecule has 0 heterocycles. The van der Waals surface area contributed by atoms with E-state index in [9.17, 15) is 9.59 Å². The fourth-order valence-electron chi connectivity index (χ4n) is 1.57. The summed E-state index contributed by atoms with van der Waals surface area (Å²) in [5, 5.41) is 7.67. The van der Waals surface area contributed by atoms with Crippen molar-refractivity contribution >= 4 is 11.9 Å². The van der Waals surface area contributed by atoms with E-state index in [1.165, 1.54) is 7.11 Å². The second-order valence-electron chi connectivity index (χ2n) is 4.26. The number of carbonyl (C=O) groups excluding carboxylic acids is 2. The third-order valence-corrected chi connectivity index (χ3v) is 2.49. The van der Waals surface area contributed by atoms with Gasteiger partial charge in [0, 0.05) is 20.2 Å². The predicted molar refractivity (Wildman–Crippen MR) is 78.1 cm³/mol. The van der Waals surface area contributed by atoms with Crippen molar-refractivity contribution in [2.75, 3.05) is 33.9 Å². The highest BCUT2D eigenvalue weighted by atomic mass is 16.5. The maximum absolute atomic E-state index is 11.5. The smallest absolute Gasteiger partial charge is 0.321 e. The number of rotatable bonds is 8. The maximum atomic E-state index is 11.5. The Morgan fingerprint density at radius 3 is 2.81 bits per heavy atom. The van der Waals surface area contributed by atoms with Gasteiger partial charge in [0.05, 0.1) is 6.61 Å². The summed E-state index contributed by atoms with van der Waals surface area (Å²) in [6.07, 6.45) is 0. The van der Waals surface area contributed by atoms with Crippen LogP contribution in [0.2, 0.25) is 0 Å². The summed E-state index contributed by atoms with van der Waals surface area (Å²) in [5.41, 5.74) is 1.05. The number of imide groups is 1. The molecule has 0 aliphatic rings. The molecule has 1 aromatic carbocycles. The third kappa shape index (κ3) is 7.28. The van der Waals surface area contributed by atoms with Crippen LogP contribution in [-0.2, 0) is 16.1 Å². The molecule has 7 heteroatoms. The minimum absolute atomic E-state index is 0.222. The van der Waals surface area contributed by atoms with E-state index in [0.717, 1.165) is 5.56 Å². The minimum atomic E-state index is -0.565. The summed E-state index contributed by atoms with van der Waals surface area (Å²) in [7, 11) is 3.38. The fraction of sp³-hybridized carbons (Fsp3) is 0.429. The largest absolute Gasteiger partial charge is 0.484 e. The molecule has 0 unspecified atom stereocenters. The van der Waals surface area contributed by atoms with Crippen LogP contribution in [0.3, 0.4) is 0 Å². The van der Waals surface area contributed by atoms with E-state index in [4.69, 9.17) is 9.47 Å². The van der Waals surface area contributed by atoms with Crippen LogP contribution in [-0.4, -0.2) is 45.9 Å². The number of hydrogen-bond acceptors (Lipinski definition) is 5. The first-order valence-electron chi connectivity index (χ1n) is 6.58. The minimum Gasteiger partial charge on any atom is -0.484 e. The lowest BCUT2D eigenvalue weighted by Crippen LogP contribution is -2.42. The number of carbonyl (C=O) groups is 2. The van der Waals surface area contributed by atoms with Gasteiger partial charge in [0.2, 0.25) is 0 Å². The molecular weight excluding hydrogens is 274 g/mol. The first kappa shape index (κ1) is 16.9. The van der Waals surface area contributed by atoms with Gasteiger partial charge in [-0.15, -0.1) is 0 Å². The standard InChI is InChI=1S/C14H21N3O4/c1-15-9-11-4-3-5-12(8-11)21-10-13(18)17-14(19)16-6-7-20-2/h3-5,8,15H,6-7,9-10H2,1-2H3,(H2,16,17,18,19). The van der Waals surface area contributed by atoms with Crippen LogP contribution in [0.15, 0.2) is 24.3 Å². The molecule has 0 fully saturated rings. The van der Waals surface area contributed by atoms with Crippen LogP contribution in [0.4, 0.5) is 4.79 Å². The van der Waals surface area contributed by atoms with Gasteiger partial charge in [-0.2, -0.15) is 0 Å². The first-order chi connectivity index (χ1) is 10.2. The Balaban J connectivity index is 2.32. The van der Waals surface area contributed by atoms with Crippen LogP contribution in [0.5, 0.6) is 5.75 Å². The highest BCUT2D eigenvalue weighted by molar-refractivity contribution is 5.94. The molecule has 0 radical (unpaired) electrons. The molecule has 0 spiro atoms. The molecule has 1 aromatic rings. The summed E-state index contributed by atoms with van der Waals surface area (Å²) in [6.45, 7) is 1.21. The Morgan fingerprint density at radius 1 is 1.29 bits per heavy atom. The second-order valence-corrected chi connectivity index (χ2v) is 4.26. The number of urea groups is 1. The Morgan fingerprint density at radius 2 is 2.10 bits per heavy atom. The molecule has 0 aromatic heterocycles. The normalized spacial score (nSPS) is 10.0. The van der Waals surface area contributed by atoms with Gasteiger partial charge in [-0.3, -0.25) is 10.1 Å². The fourth-order valence-corrected chi connectivity index (χ4v) is 1.57. The third-order valence-electron chi connectivity index (χ3n) is 2.49. The van der Waals surface area contributed by atoms with Gasteiger partial charge in [-0.25, -0.2) is 4.79 Å². The molecule has 3 amide bonds. The number of ether oxygens (including phenoxy) is 2. The van der Waals surface area contributed by atoms with Crippen LogP contribution in [0, 0.1) is 0 Å². The summed E-state index contributed by atoms with van der Waals surface area (Å²) >= 11 is 0. The molecule has 21 heavy (non-hydrogen) atoms. The van der Waals surface area contributed by atoms with Crippen molar-refractivity contribution in [1.82, 2.24) is 16.0 Å². The number of methoxy groups -OCH3 is 1. The van der Waals surface area contributed by atoms with E-state index in [2.05, 4.69) is 16.0 Å². The highest BCUT2D eigenvalue weighted by Gasteiger charge is 2.08. The Kier molecular flexibility index (Phi) is 7.85. The average molecular weight is 295 g/mol. The van der Waals surface area contributed by atoms with Gasteiger partial charge in [-0.05, 0) is 24.7 Å². The van der Waals surface area contributed by atoms with Gasteiger partial charge in [0.25, 0.3) is 5.91 Å². The molecule has 0 saturated heterocycles. The van der Waals surface area contributed by atoms with E-state index >= 15 is 0 Å². The van der Waals surface area contributed by atoms with Crippen molar-refractivity contribution in [2.24, 2.45) is 0 Å². The van der Waals surface area contributed by atoms with Crippen molar-refractivity contribution in [3.63, 3.8) is 0 Å².